The Hall–Kier alpha value is 0.0500. The summed E-state index contributed by atoms with van der Waals surface area (Å²) in [5.41, 5.74) is 1.31. The quantitative estimate of drug-likeness (QED) is 0.451. The van der Waals surface area contributed by atoms with Crippen LogP contribution in [-0.2, 0) is 6.42 Å². The molecule has 146 valence electrons. The molecule has 0 atom stereocenters. The van der Waals surface area contributed by atoms with E-state index < -0.39 is 0 Å². The summed E-state index contributed by atoms with van der Waals surface area (Å²) in [5, 5.41) is 1.33. The summed E-state index contributed by atoms with van der Waals surface area (Å²) in [6.45, 7) is 1.32. The van der Waals surface area contributed by atoms with Crippen LogP contribution in [0.4, 0.5) is 0 Å². The Kier molecular flexibility index (Phi) is 16.3. The lowest BCUT2D eigenvalue weighted by molar-refractivity contribution is -0.858. The van der Waals surface area contributed by atoms with Crippen molar-refractivity contribution in [3.05, 3.63) is 33.8 Å². The molecule has 1 nitrogen and oxygen atoms in total. The highest BCUT2D eigenvalue weighted by Gasteiger charge is 2.00. The normalized spacial score (nSPS) is 10.9. The second-order valence-electron chi connectivity index (χ2n) is 7.34. The van der Waals surface area contributed by atoms with Gasteiger partial charge in [-0.1, -0.05) is 80.6 Å². The van der Waals surface area contributed by atoms with Crippen molar-refractivity contribution >= 4 is 23.2 Å². The standard InChI is InChI=1S/C21H35Cl2N.ClH/c1-24(2)17-13-11-9-7-5-3-4-6-8-10-12-14-19-15-16-20(22)21(23)18-19;/h15-16,18H,3-14,17H2,1-2H3;1H. The minimum Gasteiger partial charge on any atom is -1.00 e. The minimum absolute atomic E-state index is 0. The third-order valence-electron chi connectivity index (χ3n) is 4.63. The van der Waals surface area contributed by atoms with Crippen LogP contribution in [-0.4, -0.2) is 20.6 Å². The Morgan fingerprint density at radius 1 is 0.680 bits per heavy atom. The Morgan fingerprint density at radius 2 is 1.16 bits per heavy atom. The molecule has 1 aromatic carbocycles. The van der Waals surface area contributed by atoms with Crippen LogP contribution < -0.4 is 17.3 Å². The first-order valence-corrected chi connectivity index (χ1v) is 10.6. The second-order valence-corrected chi connectivity index (χ2v) is 8.16. The average molecular weight is 409 g/mol. The molecular formula is C21H36Cl3N. The number of hydrogen-bond acceptors (Lipinski definition) is 0. The Bertz CT molecular complexity index is 435. The third kappa shape index (κ3) is 13.9. The predicted molar refractivity (Wildman–Crippen MR) is 109 cm³/mol. The molecule has 0 aromatic heterocycles. The molecular weight excluding hydrogens is 373 g/mol. The average Bonchev–Trinajstić information content (AvgIpc) is 2.55. The van der Waals surface area contributed by atoms with E-state index in [0.29, 0.717) is 10.0 Å². The van der Waals surface area contributed by atoms with Crippen LogP contribution >= 0.6 is 23.2 Å². The van der Waals surface area contributed by atoms with Crippen LogP contribution in [0.2, 0.25) is 10.0 Å². The van der Waals surface area contributed by atoms with Crippen LogP contribution in [0.25, 0.3) is 0 Å². The first kappa shape index (κ1) is 25.1. The van der Waals surface area contributed by atoms with Crippen molar-refractivity contribution in [1.82, 2.24) is 0 Å². The van der Waals surface area contributed by atoms with Crippen molar-refractivity contribution in [1.29, 1.82) is 0 Å². The lowest BCUT2D eigenvalue weighted by atomic mass is 10.0. The van der Waals surface area contributed by atoms with Gasteiger partial charge in [0.1, 0.15) is 0 Å². The monoisotopic (exact) mass is 407 g/mol. The Labute approximate surface area is 171 Å². The number of unbranched alkanes of at least 4 members (excludes halogenated alkanes) is 10. The van der Waals surface area contributed by atoms with Crippen molar-refractivity contribution in [2.24, 2.45) is 0 Å². The fraction of sp³-hybridized carbons (Fsp3) is 0.714. The highest BCUT2D eigenvalue weighted by Crippen LogP contribution is 2.23. The molecule has 1 N–H and O–H groups in total. The van der Waals surface area contributed by atoms with E-state index in [2.05, 4.69) is 20.2 Å². The summed E-state index contributed by atoms with van der Waals surface area (Å²) in [6.07, 6.45) is 16.4. The van der Waals surface area contributed by atoms with Gasteiger partial charge in [-0.3, -0.25) is 0 Å². The van der Waals surface area contributed by atoms with E-state index in [4.69, 9.17) is 23.2 Å². The van der Waals surface area contributed by atoms with Gasteiger partial charge in [0.25, 0.3) is 0 Å². The largest absolute Gasteiger partial charge is 1.00 e. The molecule has 0 saturated heterocycles. The smallest absolute Gasteiger partial charge is 0.0766 e. The maximum Gasteiger partial charge on any atom is 0.0766 e. The van der Waals surface area contributed by atoms with Crippen molar-refractivity contribution in [3.8, 4) is 0 Å². The van der Waals surface area contributed by atoms with Crippen LogP contribution in [0.3, 0.4) is 0 Å². The molecule has 0 aliphatic rings. The number of rotatable bonds is 14. The van der Waals surface area contributed by atoms with Gasteiger partial charge in [-0.2, -0.15) is 0 Å². The highest BCUT2D eigenvalue weighted by atomic mass is 35.5. The molecule has 0 aliphatic carbocycles. The van der Waals surface area contributed by atoms with Crippen LogP contribution in [0.5, 0.6) is 0 Å². The first-order chi connectivity index (χ1) is 11.6. The fourth-order valence-electron chi connectivity index (χ4n) is 3.09. The van der Waals surface area contributed by atoms with Gasteiger partial charge >= 0.3 is 0 Å². The number of halogens is 3. The van der Waals surface area contributed by atoms with E-state index in [0.717, 1.165) is 6.42 Å². The zero-order valence-electron chi connectivity index (χ0n) is 16.1. The molecule has 0 aliphatic heterocycles. The van der Waals surface area contributed by atoms with E-state index >= 15 is 0 Å². The summed E-state index contributed by atoms with van der Waals surface area (Å²) < 4.78 is 0. The molecule has 0 saturated carbocycles. The predicted octanol–water partition coefficient (Wildman–Crippen LogP) is 2.98. The molecule has 4 heteroatoms. The lowest BCUT2D eigenvalue weighted by Gasteiger charge is -2.06. The molecule has 1 aromatic rings. The summed E-state index contributed by atoms with van der Waals surface area (Å²) in [7, 11) is 4.48. The number of hydrogen-bond donors (Lipinski definition) is 1. The third-order valence-corrected chi connectivity index (χ3v) is 5.37. The number of aryl methyl sites for hydroxylation is 1. The molecule has 0 amide bonds. The SMILES string of the molecule is C[NH+](C)CCCCCCCCCCCCCc1ccc(Cl)c(Cl)c1.[Cl-]. The van der Waals surface area contributed by atoms with Gasteiger partial charge in [-0.05, 0) is 43.4 Å². The number of benzene rings is 1. The van der Waals surface area contributed by atoms with Crippen LogP contribution in [0.15, 0.2) is 18.2 Å². The Morgan fingerprint density at radius 3 is 1.64 bits per heavy atom. The van der Waals surface area contributed by atoms with E-state index in [9.17, 15) is 0 Å². The molecule has 0 unspecified atom stereocenters. The van der Waals surface area contributed by atoms with Gasteiger partial charge in [0, 0.05) is 0 Å². The van der Waals surface area contributed by atoms with Gasteiger partial charge in [0.05, 0.1) is 30.7 Å². The maximum atomic E-state index is 6.05. The zero-order chi connectivity index (χ0) is 17.6. The fourth-order valence-corrected chi connectivity index (χ4v) is 3.41. The second kappa shape index (κ2) is 16.2. The van der Waals surface area contributed by atoms with Gasteiger partial charge in [0.15, 0.2) is 0 Å². The molecule has 0 spiro atoms. The van der Waals surface area contributed by atoms with Crippen molar-refractivity contribution in [3.63, 3.8) is 0 Å². The van der Waals surface area contributed by atoms with Crippen molar-refractivity contribution in [2.75, 3.05) is 20.6 Å². The number of quaternary nitrogens is 1. The van der Waals surface area contributed by atoms with Gasteiger partial charge in [0.2, 0.25) is 0 Å². The summed E-state index contributed by atoms with van der Waals surface area (Å²) in [4.78, 5) is 1.58. The Balaban J connectivity index is 0.00000576. The van der Waals surface area contributed by atoms with Gasteiger partial charge < -0.3 is 17.3 Å². The van der Waals surface area contributed by atoms with Gasteiger partial charge in [-0.25, -0.2) is 0 Å². The highest BCUT2D eigenvalue weighted by molar-refractivity contribution is 6.42. The summed E-state index contributed by atoms with van der Waals surface area (Å²) in [6, 6.07) is 6.00. The zero-order valence-corrected chi connectivity index (χ0v) is 18.3. The molecule has 0 bridgehead atoms. The van der Waals surface area contributed by atoms with E-state index in [1.807, 2.05) is 12.1 Å². The van der Waals surface area contributed by atoms with Gasteiger partial charge in [-0.15, -0.1) is 0 Å². The van der Waals surface area contributed by atoms with Crippen molar-refractivity contribution in [2.45, 2.75) is 77.0 Å². The van der Waals surface area contributed by atoms with E-state index in [1.54, 1.807) is 4.90 Å². The van der Waals surface area contributed by atoms with Crippen LogP contribution in [0, 0.1) is 0 Å². The maximum absolute atomic E-state index is 6.05. The summed E-state index contributed by atoms with van der Waals surface area (Å²) in [5.74, 6) is 0. The topological polar surface area (TPSA) is 4.44 Å². The molecule has 25 heavy (non-hydrogen) atoms. The lowest BCUT2D eigenvalue weighted by Crippen LogP contribution is -3.05. The van der Waals surface area contributed by atoms with Crippen molar-refractivity contribution < 1.29 is 17.3 Å². The molecule has 0 radical (unpaired) electrons. The summed E-state index contributed by atoms with van der Waals surface area (Å²) >= 11 is 12.0. The first-order valence-electron chi connectivity index (χ1n) is 9.82. The minimum atomic E-state index is 0. The van der Waals surface area contributed by atoms with E-state index in [1.165, 1.54) is 82.7 Å². The molecule has 0 fully saturated rings. The molecule has 0 heterocycles. The molecule has 1 rings (SSSR count). The van der Waals surface area contributed by atoms with Crippen LogP contribution in [0.1, 0.15) is 76.2 Å². The van der Waals surface area contributed by atoms with E-state index in [-0.39, 0.29) is 12.4 Å². The number of nitrogens with one attached hydrogen (secondary N) is 1.